The Labute approximate surface area is 141 Å². The number of methoxy groups -OCH3 is 1. The highest BCUT2D eigenvalue weighted by molar-refractivity contribution is 8.13. The van der Waals surface area contributed by atoms with Crippen LogP contribution < -0.4 is 10.1 Å². The molecule has 0 saturated carbocycles. The van der Waals surface area contributed by atoms with E-state index < -0.39 is 12.0 Å². The maximum Gasteiger partial charge on any atom is 0.255 e. The number of aliphatic hydroxyl groups is 1. The van der Waals surface area contributed by atoms with Crippen LogP contribution in [0.25, 0.3) is 0 Å². The Morgan fingerprint density at radius 2 is 2.04 bits per heavy atom. The Morgan fingerprint density at radius 1 is 1.39 bits per heavy atom. The first kappa shape index (κ1) is 17.8. The number of ether oxygens (including phenoxy) is 1. The largest absolute Gasteiger partial charge is 0.497 e. The Kier molecular flexibility index (Phi) is 5.70. The van der Waals surface area contributed by atoms with Gasteiger partial charge in [0, 0.05) is 5.75 Å². The molecule has 6 heteroatoms. The number of rotatable bonds is 4. The van der Waals surface area contributed by atoms with Crippen LogP contribution >= 0.6 is 11.8 Å². The molecule has 1 aliphatic heterocycles. The van der Waals surface area contributed by atoms with E-state index in [1.54, 1.807) is 7.11 Å². The molecule has 0 aromatic heterocycles. The average Bonchev–Trinajstić information content (AvgIpc) is 2.54. The molecule has 2 atom stereocenters. The molecule has 0 aliphatic carbocycles. The number of carbonyl (C=O) groups is 1. The molecule has 0 bridgehead atoms. The molecule has 1 aromatic rings. The van der Waals surface area contributed by atoms with Crippen molar-refractivity contribution in [2.45, 2.75) is 38.8 Å². The molecule has 1 heterocycles. The summed E-state index contributed by atoms with van der Waals surface area (Å²) in [5.41, 5.74) is 0.692. The number of benzene rings is 1. The summed E-state index contributed by atoms with van der Waals surface area (Å²) in [6.45, 7) is 5.67. The molecule has 1 amide bonds. The van der Waals surface area contributed by atoms with E-state index in [0.717, 1.165) is 23.5 Å². The number of hydrogen-bond donors (Lipinski definition) is 2. The number of thioether (sulfide) groups is 1. The number of aliphatic imine (C=N–C) groups is 1. The van der Waals surface area contributed by atoms with E-state index in [1.807, 2.05) is 38.1 Å². The van der Waals surface area contributed by atoms with Crippen LogP contribution in [0.1, 0.15) is 32.8 Å². The van der Waals surface area contributed by atoms with E-state index in [0.29, 0.717) is 5.17 Å². The summed E-state index contributed by atoms with van der Waals surface area (Å²) >= 11 is 1.51. The van der Waals surface area contributed by atoms with Crippen molar-refractivity contribution in [1.29, 1.82) is 0 Å². The summed E-state index contributed by atoms with van der Waals surface area (Å²) in [4.78, 5) is 16.7. The Morgan fingerprint density at radius 3 is 2.61 bits per heavy atom. The zero-order chi connectivity index (χ0) is 17.0. The quantitative estimate of drug-likeness (QED) is 0.886. The molecule has 0 saturated heterocycles. The van der Waals surface area contributed by atoms with Crippen molar-refractivity contribution in [2.75, 3.05) is 12.9 Å². The van der Waals surface area contributed by atoms with Crippen LogP contribution in [0.3, 0.4) is 0 Å². The third-order valence-electron chi connectivity index (χ3n) is 4.02. The molecule has 2 N–H and O–H groups in total. The zero-order valence-electron chi connectivity index (χ0n) is 14.0. The first-order chi connectivity index (χ1) is 10.9. The predicted octanol–water partition coefficient (Wildman–Crippen LogP) is 2.54. The second-order valence-corrected chi connectivity index (χ2v) is 7.28. The summed E-state index contributed by atoms with van der Waals surface area (Å²) in [6, 6.07) is 7.83. The Balaban J connectivity index is 2.17. The van der Waals surface area contributed by atoms with Crippen LogP contribution in [0.2, 0.25) is 0 Å². The third-order valence-corrected chi connectivity index (χ3v) is 4.89. The second-order valence-electron chi connectivity index (χ2n) is 6.20. The van der Waals surface area contributed by atoms with E-state index in [1.165, 1.54) is 11.8 Å². The molecule has 0 fully saturated rings. The number of carbonyl (C=O) groups excluding carboxylic acids is 1. The van der Waals surface area contributed by atoms with Crippen molar-refractivity contribution in [3.8, 4) is 5.75 Å². The van der Waals surface area contributed by atoms with E-state index in [-0.39, 0.29) is 11.5 Å². The van der Waals surface area contributed by atoms with Gasteiger partial charge in [0.05, 0.1) is 12.6 Å². The SMILES string of the molecule is COc1ccc(C2(C)CCSC(NC(=O)[C@@H](O)C(C)C)=N2)cc1. The lowest BCUT2D eigenvalue weighted by atomic mass is 9.90. The van der Waals surface area contributed by atoms with Gasteiger partial charge in [0.15, 0.2) is 5.17 Å². The van der Waals surface area contributed by atoms with Gasteiger partial charge in [0.25, 0.3) is 5.91 Å². The third kappa shape index (κ3) is 4.26. The van der Waals surface area contributed by atoms with Gasteiger partial charge in [-0.2, -0.15) is 0 Å². The molecular formula is C17H24N2O3S. The van der Waals surface area contributed by atoms with Gasteiger partial charge in [0.2, 0.25) is 0 Å². The molecular weight excluding hydrogens is 312 g/mol. The van der Waals surface area contributed by atoms with Gasteiger partial charge in [-0.1, -0.05) is 37.7 Å². The fourth-order valence-electron chi connectivity index (χ4n) is 2.36. The summed E-state index contributed by atoms with van der Waals surface area (Å²) in [5.74, 6) is 1.14. The van der Waals surface area contributed by atoms with Crippen LogP contribution in [0.5, 0.6) is 5.75 Å². The minimum absolute atomic E-state index is 0.128. The smallest absolute Gasteiger partial charge is 0.255 e. The van der Waals surface area contributed by atoms with E-state index in [2.05, 4.69) is 12.2 Å². The van der Waals surface area contributed by atoms with Crippen LogP contribution in [0.15, 0.2) is 29.3 Å². The fraction of sp³-hybridized carbons (Fsp3) is 0.529. The van der Waals surface area contributed by atoms with Crippen LogP contribution in [-0.4, -0.2) is 35.1 Å². The van der Waals surface area contributed by atoms with Gasteiger partial charge in [-0.15, -0.1) is 0 Å². The number of nitrogens with one attached hydrogen (secondary N) is 1. The molecule has 0 radical (unpaired) electrons. The van der Waals surface area contributed by atoms with Crippen LogP contribution in [-0.2, 0) is 10.3 Å². The van der Waals surface area contributed by atoms with E-state index >= 15 is 0 Å². The number of amidine groups is 1. The number of aliphatic hydroxyl groups excluding tert-OH is 1. The normalized spacial score (nSPS) is 22.4. The lowest BCUT2D eigenvalue weighted by Crippen LogP contribution is -2.42. The van der Waals surface area contributed by atoms with Gasteiger partial charge in [-0.05, 0) is 37.0 Å². The minimum Gasteiger partial charge on any atom is -0.497 e. The topological polar surface area (TPSA) is 70.9 Å². The highest BCUT2D eigenvalue weighted by Gasteiger charge is 2.31. The number of amides is 1. The van der Waals surface area contributed by atoms with Crippen molar-refractivity contribution in [2.24, 2.45) is 10.9 Å². The predicted molar refractivity (Wildman–Crippen MR) is 93.8 cm³/mol. The zero-order valence-corrected chi connectivity index (χ0v) is 14.8. The van der Waals surface area contributed by atoms with Gasteiger partial charge in [0.1, 0.15) is 11.9 Å². The molecule has 1 aliphatic rings. The highest BCUT2D eigenvalue weighted by Crippen LogP contribution is 2.36. The van der Waals surface area contributed by atoms with Crippen LogP contribution in [0, 0.1) is 5.92 Å². The summed E-state index contributed by atoms with van der Waals surface area (Å²) < 4.78 is 5.19. The first-order valence-corrected chi connectivity index (χ1v) is 8.70. The minimum atomic E-state index is -1.02. The highest BCUT2D eigenvalue weighted by atomic mass is 32.2. The van der Waals surface area contributed by atoms with Crippen molar-refractivity contribution in [1.82, 2.24) is 5.32 Å². The molecule has 1 unspecified atom stereocenters. The second kappa shape index (κ2) is 7.36. The first-order valence-electron chi connectivity index (χ1n) is 7.72. The molecule has 1 aromatic carbocycles. The Bertz CT molecular complexity index is 586. The molecule has 5 nitrogen and oxygen atoms in total. The van der Waals surface area contributed by atoms with E-state index in [9.17, 15) is 9.90 Å². The van der Waals surface area contributed by atoms with Crippen LogP contribution in [0.4, 0.5) is 0 Å². The fourth-order valence-corrected chi connectivity index (χ4v) is 3.50. The summed E-state index contributed by atoms with van der Waals surface area (Å²) in [7, 11) is 1.64. The van der Waals surface area contributed by atoms with Gasteiger partial charge in [-0.3, -0.25) is 9.79 Å². The summed E-state index contributed by atoms with van der Waals surface area (Å²) in [5, 5.41) is 13.2. The van der Waals surface area contributed by atoms with Crippen molar-refractivity contribution >= 4 is 22.8 Å². The van der Waals surface area contributed by atoms with Gasteiger partial charge in [-0.25, -0.2) is 0 Å². The van der Waals surface area contributed by atoms with Gasteiger partial charge >= 0.3 is 0 Å². The van der Waals surface area contributed by atoms with Gasteiger partial charge < -0.3 is 15.2 Å². The summed E-state index contributed by atoms with van der Waals surface area (Å²) in [6.07, 6.45) is -0.136. The standard InChI is InChI=1S/C17H24N2O3S/c1-11(2)14(20)15(21)18-16-19-17(3,9-10-23-16)12-5-7-13(22-4)8-6-12/h5-8,11,14,20H,9-10H2,1-4H3,(H,18,19,21)/t14-,17?/m0/s1. The monoisotopic (exact) mass is 336 g/mol. The van der Waals surface area contributed by atoms with E-state index in [4.69, 9.17) is 9.73 Å². The number of nitrogens with zero attached hydrogens (tertiary/aromatic N) is 1. The van der Waals surface area contributed by atoms with Crippen molar-refractivity contribution < 1.29 is 14.6 Å². The maximum atomic E-state index is 12.0. The molecule has 0 spiro atoms. The number of hydrogen-bond acceptors (Lipinski definition) is 5. The molecule has 23 heavy (non-hydrogen) atoms. The Hall–Kier alpha value is -1.53. The van der Waals surface area contributed by atoms with Crippen molar-refractivity contribution in [3.63, 3.8) is 0 Å². The lowest BCUT2D eigenvalue weighted by Gasteiger charge is -2.31. The lowest BCUT2D eigenvalue weighted by molar-refractivity contribution is -0.129. The molecule has 126 valence electrons. The maximum absolute atomic E-state index is 12.0. The average molecular weight is 336 g/mol. The van der Waals surface area contributed by atoms with Crippen molar-refractivity contribution in [3.05, 3.63) is 29.8 Å². The molecule has 2 rings (SSSR count).